The number of carbonyl (C=O) groups is 1. The van der Waals surface area contributed by atoms with Crippen molar-refractivity contribution in [3.63, 3.8) is 0 Å². The number of nitrogens with one attached hydrogen (secondary N) is 1. The van der Waals surface area contributed by atoms with Gasteiger partial charge in [-0.15, -0.1) is 0 Å². The van der Waals surface area contributed by atoms with Gasteiger partial charge in [0.25, 0.3) is 0 Å². The van der Waals surface area contributed by atoms with Crippen molar-refractivity contribution in [2.24, 2.45) is 0 Å². The number of hydrogen-bond acceptors (Lipinski definition) is 3. The van der Waals surface area contributed by atoms with Crippen molar-refractivity contribution in [3.8, 4) is 0 Å². The Morgan fingerprint density at radius 2 is 2.15 bits per heavy atom. The van der Waals surface area contributed by atoms with Crippen LogP contribution in [0, 0.1) is 0 Å². The monoisotopic (exact) mass is 276 g/mol. The molecule has 1 aromatic carbocycles. The fourth-order valence-electron chi connectivity index (χ4n) is 2.49. The van der Waals surface area contributed by atoms with Crippen LogP contribution in [0.4, 0.5) is 5.69 Å². The first kappa shape index (κ1) is 15.0. The van der Waals surface area contributed by atoms with Gasteiger partial charge < -0.3 is 10.4 Å². The lowest BCUT2D eigenvalue weighted by molar-refractivity contribution is -0.117. The standard InChI is InChI=1S/C16H24N2O2/c1-3-12(2)13-4-6-14(7-5-13)17-16(20)11-18-9-8-15(19)10-18/h4-7,12,15,19H,3,8-11H2,1-2H3,(H,17,20)/t12?,15-/m0/s1. The SMILES string of the molecule is CCC(C)c1ccc(NC(=O)CN2CC[C@H](O)C2)cc1. The molecule has 1 unspecified atom stereocenters. The van der Waals surface area contributed by atoms with Crippen LogP contribution in [0.15, 0.2) is 24.3 Å². The minimum Gasteiger partial charge on any atom is -0.392 e. The normalized spacial score (nSPS) is 20.9. The van der Waals surface area contributed by atoms with E-state index in [1.165, 1.54) is 5.56 Å². The Morgan fingerprint density at radius 1 is 1.45 bits per heavy atom. The predicted octanol–water partition coefficient (Wildman–Crippen LogP) is 2.21. The van der Waals surface area contributed by atoms with Crippen molar-refractivity contribution in [1.82, 2.24) is 4.90 Å². The number of hydrogen-bond donors (Lipinski definition) is 2. The highest BCUT2D eigenvalue weighted by molar-refractivity contribution is 5.92. The number of β-amino-alcohol motifs (C(OH)–C–C–N with tert-alkyl or cyclic N) is 1. The van der Waals surface area contributed by atoms with Crippen molar-refractivity contribution in [2.75, 3.05) is 25.0 Å². The highest BCUT2D eigenvalue weighted by atomic mass is 16.3. The van der Waals surface area contributed by atoms with Crippen molar-refractivity contribution >= 4 is 11.6 Å². The third-order valence-corrected chi connectivity index (χ3v) is 3.99. The highest BCUT2D eigenvalue weighted by Crippen LogP contribution is 2.20. The zero-order valence-electron chi connectivity index (χ0n) is 12.3. The Morgan fingerprint density at radius 3 is 2.70 bits per heavy atom. The molecular formula is C16H24N2O2. The zero-order chi connectivity index (χ0) is 14.5. The van der Waals surface area contributed by atoms with Gasteiger partial charge in [0.1, 0.15) is 0 Å². The topological polar surface area (TPSA) is 52.6 Å². The molecule has 1 fully saturated rings. The Balaban J connectivity index is 1.85. The van der Waals surface area contributed by atoms with Crippen LogP contribution in [0.3, 0.4) is 0 Å². The number of amides is 1. The molecule has 4 nitrogen and oxygen atoms in total. The number of nitrogens with zero attached hydrogens (tertiary/aromatic N) is 1. The maximum Gasteiger partial charge on any atom is 0.238 e. The van der Waals surface area contributed by atoms with Crippen LogP contribution in [-0.2, 0) is 4.79 Å². The number of rotatable bonds is 5. The van der Waals surface area contributed by atoms with E-state index in [0.717, 1.165) is 25.1 Å². The molecule has 2 atom stereocenters. The Hall–Kier alpha value is -1.39. The van der Waals surface area contributed by atoms with E-state index >= 15 is 0 Å². The summed E-state index contributed by atoms with van der Waals surface area (Å²) in [6.45, 7) is 6.11. The van der Waals surface area contributed by atoms with Crippen molar-refractivity contribution in [2.45, 2.75) is 38.7 Å². The quantitative estimate of drug-likeness (QED) is 0.867. The van der Waals surface area contributed by atoms with Crippen LogP contribution in [0.25, 0.3) is 0 Å². The summed E-state index contributed by atoms with van der Waals surface area (Å²) in [7, 11) is 0. The fraction of sp³-hybridized carbons (Fsp3) is 0.562. The molecule has 1 amide bonds. The molecule has 0 aromatic heterocycles. The average Bonchev–Trinajstić information content (AvgIpc) is 2.84. The zero-order valence-corrected chi connectivity index (χ0v) is 12.3. The minimum absolute atomic E-state index is 0.0182. The summed E-state index contributed by atoms with van der Waals surface area (Å²) < 4.78 is 0. The molecule has 1 aromatic rings. The number of aliphatic hydroxyl groups is 1. The average molecular weight is 276 g/mol. The maximum atomic E-state index is 11.9. The van der Waals surface area contributed by atoms with E-state index in [-0.39, 0.29) is 12.0 Å². The molecule has 1 aliphatic rings. The number of benzene rings is 1. The van der Waals surface area contributed by atoms with Gasteiger partial charge in [0.15, 0.2) is 0 Å². The van der Waals surface area contributed by atoms with E-state index < -0.39 is 0 Å². The second-order valence-corrected chi connectivity index (χ2v) is 5.66. The molecule has 110 valence electrons. The van der Waals surface area contributed by atoms with Gasteiger partial charge in [-0.2, -0.15) is 0 Å². The predicted molar refractivity (Wildman–Crippen MR) is 80.8 cm³/mol. The Bertz CT molecular complexity index is 444. The van der Waals surface area contributed by atoms with E-state index in [9.17, 15) is 9.90 Å². The first-order chi connectivity index (χ1) is 9.58. The van der Waals surface area contributed by atoms with E-state index in [0.29, 0.717) is 19.0 Å². The summed E-state index contributed by atoms with van der Waals surface area (Å²) >= 11 is 0. The molecule has 0 radical (unpaired) electrons. The molecule has 2 N–H and O–H groups in total. The molecule has 4 heteroatoms. The van der Waals surface area contributed by atoms with E-state index in [1.807, 2.05) is 17.0 Å². The van der Waals surface area contributed by atoms with Gasteiger partial charge in [0, 0.05) is 18.8 Å². The molecule has 20 heavy (non-hydrogen) atoms. The van der Waals surface area contributed by atoms with Gasteiger partial charge in [-0.1, -0.05) is 26.0 Å². The van der Waals surface area contributed by atoms with Crippen LogP contribution in [0.5, 0.6) is 0 Å². The van der Waals surface area contributed by atoms with Gasteiger partial charge in [-0.25, -0.2) is 0 Å². The second kappa shape index (κ2) is 6.86. The number of likely N-dealkylation sites (tertiary alicyclic amines) is 1. The van der Waals surface area contributed by atoms with Gasteiger partial charge in [-0.3, -0.25) is 9.69 Å². The van der Waals surface area contributed by atoms with Gasteiger partial charge >= 0.3 is 0 Å². The largest absolute Gasteiger partial charge is 0.392 e. The number of anilines is 1. The molecule has 0 aliphatic carbocycles. The smallest absolute Gasteiger partial charge is 0.238 e. The number of carbonyl (C=O) groups excluding carboxylic acids is 1. The molecular weight excluding hydrogens is 252 g/mol. The summed E-state index contributed by atoms with van der Waals surface area (Å²) in [5.41, 5.74) is 2.13. The molecule has 0 spiro atoms. The van der Waals surface area contributed by atoms with Crippen molar-refractivity contribution < 1.29 is 9.90 Å². The Labute approximate surface area is 120 Å². The summed E-state index contributed by atoms with van der Waals surface area (Å²) in [6, 6.07) is 8.06. The van der Waals surface area contributed by atoms with Crippen LogP contribution >= 0.6 is 0 Å². The highest BCUT2D eigenvalue weighted by Gasteiger charge is 2.21. The lowest BCUT2D eigenvalue weighted by Crippen LogP contribution is -2.32. The van der Waals surface area contributed by atoms with E-state index in [4.69, 9.17) is 0 Å². The van der Waals surface area contributed by atoms with Crippen LogP contribution in [0.2, 0.25) is 0 Å². The van der Waals surface area contributed by atoms with Crippen molar-refractivity contribution in [1.29, 1.82) is 0 Å². The lowest BCUT2D eigenvalue weighted by Gasteiger charge is -2.15. The third kappa shape index (κ3) is 4.05. The minimum atomic E-state index is -0.280. The molecule has 1 saturated heterocycles. The molecule has 0 saturated carbocycles. The molecule has 1 aliphatic heterocycles. The fourth-order valence-corrected chi connectivity index (χ4v) is 2.49. The van der Waals surface area contributed by atoms with Gasteiger partial charge in [0.2, 0.25) is 5.91 Å². The van der Waals surface area contributed by atoms with Crippen LogP contribution in [0.1, 0.15) is 38.2 Å². The summed E-state index contributed by atoms with van der Waals surface area (Å²) in [5, 5.41) is 12.3. The number of aliphatic hydroxyl groups excluding tert-OH is 1. The van der Waals surface area contributed by atoms with Gasteiger partial charge in [0.05, 0.1) is 12.6 Å². The summed E-state index contributed by atoms with van der Waals surface area (Å²) in [5.74, 6) is 0.529. The second-order valence-electron chi connectivity index (χ2n) is 5.66. The Kier molecular flexibility index (Phi) is 5.15. The van der Waals surface area contributed by atoms with E-state index in [1.54, 1.807) is 0 Å². The third-order valence-electron chi connectivity index (χ3n) is 3.99. The first-order valence-corrected chi connectivity index (χ1v) is 7.38. The van der Waals surface area contributed by atoms with Crippen molar-refractivity contribution in [3.05, 3.63) is 29.8 Å². The first-order valence-electron chi connectivity index (χ1n) is 7.38. The molecule has 1 heterocycles. The summed E-state index contributed by atoms with van der Waals surface area (Å²) in [4.78, 5) is 13.9. The molecule has 2 rings (SSSR count). The van der Waals surface area contributed by atoms with Crippen LogP contribution in [-0.4, -0.2) is 41.7 Å². The summed E-state index contributed by atoms with van der Waals surface area (Å²) in [6.07, 6.45) is 1.59. The molecule has 0 bridgehead atoms. The maximum absolute atomic E-state index is 11.9. The van der Waals surface area contributed by atoms with E-state index in [2.05, 4.69) is 31.3 Å². The van der Waals surface area contributed by atoms with Crippen LogP contribution < -0.4 is 5.32 Å². The van der Waals surface area contributed by atoms with Gasteiger partial charge in [-0.05, 0) is 36.5 Å². The lowest BCUT2D eigenvalue weighted by atomic mass is 9.99.